The van der Waals surface area contributed by atoms with Crippen LogP contribution in [-0.4, -0.2) is 27.6 Å². The highest BCUT2D eigenvalue weighted by molar-refractivity contribution is 5.92. The summed E-state index contributed by atoms with van der Waals surface area (Å²) in [6, 6.07) is 1.69. The van der Waals surface area contributed by atoms with E-state index in [0.29, 0.717) is 24.2 Å². The maximum Gasteiger partial charge on any atom is 0.230 e. The highest BCUT2D eigenvalue weighted by atomic mass is 35.5. The normalized spacial score (nSPS) is 29.1. The van der Waals surface area contributed by atoms with Gasteiger partial charge in [0.05, 0.1) is 5.92 Å². The first-order valence-corrected chi connectivity index (χ1v) is 7.43. The van der Waals surface area contributed by atoms with Crippen LogP contribution in [0.2, 0.25) is 0 Å². The van der Waals surface area contributed by atoms with E-state index < -0.39 is 0 Å². The summed E-state index contributed by atoms with van der Waals surface area (Å²) in [6.45, 7) is 0.416. The first-order valence-electron chi connectivity index (χ1n) is 7.43. The van der Waals surface area contributed by atoms with Gasteiger partial charge >= 0.3 is 0 Å². The molecule has 5 N–H and O–H groups in total. The zero-order valence-corrected chi connectivity index (χ0v) is 13.1. The maximum absolute atomic E-state index is 12.4. The van der Waals surface area contributed by atoms with Gasteiger partial charge in [0.25, 0.3) is 0 Å². The third-order valence-electron chi connectivity index (χ3n) is 4.76. The molecule has 122 valence electrons. The van der Waals surface area contributed by atoms with Crippen LogP contribution in [0.15, 0.2) is 12.3 Å². The van der Waals surface area contributed by atoms with Crippen molar-refractivity contribution in [1.82, 2.24) is 9.78 Å². The minimum atomic E-state index is -0.371. The molecule has 4 atom stereocenters. The summed E-state index contributed by atoms with van der Waals surface area (Å²) in [4.78, 5) is 23.1. The number of rotatable bonds is 5. The fourth-order valence-electron chi connectivity index (χ4n) is 3.71. The van der Waals surface area contributed by atoms with Gasteiger partial charge in [0.2, 0.25) is 11.8 Å². The van der Waals surface area contributed by atoms with Crippen molar-refractivity contribution in [2.75, 3.05) is 5.32 Å². The molecule has 8 heteroatoms. The summed E-state index contributed by atoms with van der Waals surface area (Å²) in [5.41, 5.74) is 11.3. The number of amides is 2. The number of carbonyl (C=O) groups is 2. The third-order valence-corrected chi connectivity index (χ3v) is 4.76. The number of nitrogens with one attached hydrogen (secondary N) is 1. The van der Waals surface area contributed by atoms with Gasteiger partial charge in [0.15, 0.2) is 5.82 Å². The second-order valence-corrected chi connectivity index (χ2v) is 6.11. The summed E-state index contributed by atoms with van der Waals surface area (Å²) in [6.07, 6.45) is 5.28. The van der Waals surface area contributed by atoms with Crippen LogP contribution in [0.25, 0.3) is 0 Å². The van der Waals surface area contributed by atoms with Crippen molar-refractivity contribution in [3.63, 3.8) is 0 Å². The smallest absolute Gasteiger partial charge is 0.230 e. The monoisotopic (exact) mass is 327 g/mol. The molecule has 2 aliphatic rings. The predicted molar refractivity (Wildman–Crippen MR) is 84.2 cm³/mol. The molecule has 2 amide bonds. The number of carbonyl (C=O) groups excluding carboxylic acids is 2. The van der Waals surface area contributed by atoms with Crippen LogP contribution in [-0.2, 0) is 16.1 Å². The SMILES string of the molecule is Cl.NC(=O)CCn1ccc(NC(=O)C2C3CCC(C3)C2N)n1. The highest BCUT2D eigenvalue weighted by Gasteiger charge is 2.49. The molecule has 0 aromatic carbocycles. The Bertz CT molecular complexity index is 559. The van der Waals surface area contributed by atoms with Crippen molar-refractivity contribution in [3.8, 4) is 0 Å². The molecule has 7 nitrogen and oxygen atoms in total. The van der Waals surface area contributed by atoms with Crippen LogP contribution in [0.1, 0.15) is 25.7 Å². The molecule has 0 saturated heterocycles. The molecule has 0 radical (unpaired) electrons. The predicted octanol–water partition coefficient (Wildman–Crippen LogP) is 0.492. The van der Waals surface area contributed by atoms with Gasteiger partial charge in [-0.25, -0.2) is 0 Å². The molecule has 2 aliphatic carbocycles. The lowest BCUT2D eigenvalue weighted by molar-refractivity contribution is -0.122. The zero-order valence-electron chi connectivity index (χ0n) is 12.3. The molecule has 3 rings (SSSR count). The van der Waals surface area contributed by atoms with E-state index in [1.54, 1.807) is 16.9 Å². The van der Waals surface area contributed by atoms with Gasteiger partial charge < -0.3 is 16.8 Å². The summed E-state index contributed by atoms with van der Waals surface area (Å²) in [7, 11) is 0. The molecule has 1 aromatic heterocycles. The Balaban J connectivity index is 0.00000176. The first-order chi connectivity index (χ1) is 10.0. The number of aromatic nitrogens is 2. The fraction of sp³-hybridized carbons (Fsp3) is 0.643. The van der Waals surface area contributed by atoms with Crippen LogP contribution < -0.4 is 16.8 Å². The molecule has 2 bridgehead atoms. The van der Waals surface area contributed by atoms with E-state index in [-0.39, 0.29) is 42.6 Å². The van der Waals surface area contributed by atoms with Gasteiger partial charge in [-0.15, -0.1) is 12.4 Å². The van der Waals surface area contributed by atoms with Crippen LogP contribution in [0.3, 0.4) is 0 Å². The maximum atomic E-state index is 12.4. The Morgan fingerprint density at radius 1 is 1.36 bits per heavy atom. The average Bonchev–Trinajstić information content (AvgIpc) is 3.11. The van der Waals surface area contributed by atoms with Crippen molar-refractivity contribution in [2.24, 2.45) is 29.2 Å². The number of anilines is 1. The van der Waals surface area contributed by atoms with Crippen molar-refractivity contribution < 1.29 is 9.59 Å². The number of aryl methyl sites for hydroxylation is 1. The Morgan fingerprint density at radius 2 is 2.09 bits per heavy atom. The van der Waals surface area contributed by atoms with E-state index in [1.807, 2.05) is 0 Å². The Morgan fingerprint density at radius 3 is 2.73 bits per heavy atom. The lowest BCUT2D eigenvalue weighted by Crippen LogP contribution is -2.42. The van der Waals surface area contributed by atoms with E-state index in [1.165, 1.54) is 0 Å². The quantitative estimate of drug-likeness (QED) is 0.729. The lowest BCUT2D eigenvalue weighted by Gasteiger charge is -2.26. The second kappa shape index (κ2) is 6.66. The number of halogens is 1. The fourth-order valence-corrected chi connectivity index (χ4v) is 3.71. The molecular formula is C14H22ClN5O2. The molecule has 4 unspecified atom stereocenters. The zero-order chi connectivity index (χ0) is 15.0. The molecule has 2 fully saturated rings. The largest absolute Gasteiger partial charge is 0.370 e. The van der Waals surface area contributed by atoms with Crippen LogP contribution >= 0.6 is 12.4 Å². The Labute approximate surface area is 135 Å². The number of hydrogen-bond acceptors (Lipinski definition) is 4. The van der Waals surface area contributed by atoms with Crippen molar-refractivity contribution in [3.05, 3.63) is 12.3 Å². The minimum absolute atomic E-state index is 0. The topological polar surface area (TPSA) is 116 Å². The molecular weight excluding hydrogens is 306 g/mol. The summed E-state index contributed by atoms with van der Waals surface area (Å²) in [5.74, 6) is 0.915. The van der Waals surface area contributed by atoms with Gasteiger partial charge in [-0.2, -0.15) is 5.10 Å². The second-order valence-electron chi connectivity index (χ2n) is 6.11. The number of hydrogen-bond donors (Lipinski definition) is 3. The van der Waals surface area contributed by atoms with Gasteiger partial charge in [-0.3, -0.25) is 14.3 Å². The van der Waals surface area contributed by atoms with Crippen molar-refractivity contribution in [1.29, 1.82) is 0 Å². The van der Waals surface area contributed by atoms with Gasteiger partial charge in [-0.05, 0) is 31.1 Å². The van der Waals surface area contributed by atoms with E-state index in [9.17, 15) is 9.59 Å². The molecule has 0 spiro atoms. The standard InChI is InChI=1S/C14H21N5O2.ClH/c15-10(20)3-5-19-6-4-11(18-19)17-14(21)12-8-1-2-9(7-8)13(12)16;/h4,6,8-9,12-13H,1-3,5,7,16H2,(H2,15,20)(H,17,18,21);1H. The van der Waals surface area contributed by atoms with Crippen LogP contribution in [0, 0.1) is 17.8 Å². The lowest BCUT2D eigenvalue weighted by atomic mass is 9.84. The minimum Gasteiger partial charge on any atom is -0.370 e. The third kappa shape index (κ3) is 3.25. The van der Waals surface area contributed by atoms with E-state index in [2.05, 4.69) is 10.4 Å². The molecule has 1 heterocycles. The molecule has 22 heavy (non-hydrogen) atoms. The van der Waals surface area contributed by atoms with E-state index in [4.69, 9.17) is 11.5 Å². The van der Waals surface area contributed by atoms with Gasteiger partial charge in [-0.1, -0.05) is 0 Å². The van der Waals surface area contributed by atoms with Crippen LogP contribution in [0.5, 0.6) is 0 Å². The molecule has 1 aromatic rings. The summed E-state index contributed by atoms with van der Waals surface area (Å²) >= 11 is 0. The van der Waals surface area contributed by atoms with Crippen LogP contribution in [0.4, 0.5) is 5.82 Å². The van der Waals surface area contributed by atoms with Crippen molar-refractivity contribution in [2.45, 2.75) is 38.3 Å². The van der Waals surface area contributed by atoms with E-state index >= 15 is 0 Å². The number of primary amides is 1. The molecule has 2 saturated carbocycles. The number of fused-ring (bicyclic) bond motifs is 2. The molecule has 0 aliphatic heterocycles. The average molecular weight is 328 g/mol. The van der Waals surface area contributed by atoms with Gasteiger partial charge in [0, 0.05) is 31.3 Å². The van der Waals surface area contributed by atoms with Crippen molar-refractivity contribution >= 4 is 30.0 Å². The number of nitrogens with two attached hydrogens (primary N) is 2. The van der Waals surface area contributed by atoms with Gasteiger partial charge in [0.1, 0.15) is 0 Å². The summed E-state index contributed by atoms with van der Waals surface area (Å²) < 4.78 is 1.60. The Hall–Kier alpha value is -1.60. The summed E-state index contributed by atoms with van der Waals surface area (Å²) in [5, 5.41) is 7.06. The first kappa shape index (κ1) is 16.8. The number of nitrogens with zero attached hydrogens (tertiary/aromatic N) is 2. The van der Waals surface area contributed by atoms with E-state index in [0.717, 1.165) is 19.3 Å². The highest BCUT2D eigenvalue weighted by Crippen LogP contribution is 2.47. The Kier molecular flexibility index (Phi) is 5.08.